The smallest absolute Gasteiger partial charge is 0.149 e. The quantitative estimate of drug-likeness (QED) is 0.649. The number of benzene rings is 2. The zero-order valence-corrected chi connectivity index (χ0v) is 16.9. The summed E-state index contributed by atoms with van der Waals surface area (Å²) in [6.45, 7) is 2.94. The van der Waals surface area contributed by atoms with Gasteiger partial charge in [0, 0.05) is 18.2 Å². The van der Waals surface area contributed by atoms with Gasteiger partial charge in [-0.05, 0) is 68.2 Å². The molecule has 1 fully saturated rings. The molecular formula is C23H24FN5O. The minimum atomic E-state index is -0.540. The lowest BCUT2D eigenvalue weighted by atomic mass is 9.98. The first-order valence-corrected chi connectivity index (χ1v) is 10.1. The molecule has 0 bridgehead atoms. The van der Waals surface area contributed by atoms with Crippen LogP contribution in [0, 0.1) is 23.1 Å². The summed E-state index contributed by atoms with van der Waals surface area (Å²) < 4.78 is 21.3. The Hall–Kier alpha value is -3.37. The lowest BCUT2D eigenvalue weighted by Gasteiger charge is -2.22. The molecular weight excluding hydrogens is 381 g/mol. The fourth-order valence-corrected chi connectivity index (χ4v) is 3.69. The SMILES string of the molecule is COc1ccc(-n2nc(NCC3CCNCC3)cc2-c2ccc(C#N)c(F)c2)cc1. The zero-order valence-electron chi connectivity index (χ0n) is 16.9. The minimum absolute atomic E-state index is 0.0264. The molecule has 7 heteroatoms. The molecule has 1 aliphatic heterocycles. The molecule has 2 N–H and O–H groups in total. The van der Waals surface area contributed by atoms with Crippen LogP contribution < -0.4 is 15.4 Å². The summed E-state index contributed by atoms with van der Waals surface area (Å²) in [5.41, 5.74) is 2.27. The molecule has 2 heterocycles. The first kappa shape index (κ1) is 19.9. The van der Waals surface area contributed by atoms with E-state index >= 15 is 0 Å². The Bertz CT molecular complexity index is 1050. The number of halogens is 1. The number of methoxy groups -OCH3 is 1. The van der Waals surface area contributed by atoms with Crippen LogP contribution >= 0.6 is 0 Å². The van der Waals surface area contributed by atoms with Gasteiger partial charge in [0.25, 0.3) is 0 Å². The van der Waals surface area contributed by atoms with Crippen LogP contribution in [0.4, 0.5) is 10.2 Å². The fraction of sp³-hybridized carbons (Fsp3) is 0.304. The van der Waals surface area contributed by atoms with Crippen LogP contribution in [-0.2, 0) is 0 Å². The summed E-state index contributed by atoms with van der Waals surface area (Å²) in [5, 5.41) is 20.6. The van der Waals surface area contributed by atoms with E-state index in [-0.39, 0.29) is 5.56 Å². The number of nitrogens with zero attached hydrogens (tertiary/aromatic N) is 3. The Kier molecular flexibility index (Phi) is 5.96. The average Bonchev–Trinajstić information content (AvgIpc) is 3.23. The maximum absolute atomic E-state index is 14.3. The van der Waals surface area contributed by atoms with E-state index in [0.29, 0.717) is 11.5 Å². The number of ether oxygens (including phenoxy) is 1. The normalized spacial score (nSPS) is 14.3. The van der Waals surface area contributed by atoms with Crippen LogP contribution in [0.15, 0.2) is 48.5 Å². The zero-order chi connectivity index (χ0) is 20.9. The largest absolute Gasteiger partial charge is 0.497 e. The van der Waals surface area contributed by atoms with E-state index in [1.165, 1.54) is 12.1 Å². The molecule has 1 aliphatic rings. The Balaban J connectivity index is 1.67. The van der Waals surface area contributed by atoms with E-state index in [1.54, 1.807) is 17.9 Å². The van der Waals surface area contributed by atoms with Gasteiger partial charge in [-0.1, -0.05) is 6.07 Å². The monoisotopic (exact) mass is 405 g/mol. The second-order valence-electron chi connectivity index (χ2n) is 7.41. The molecule has 1 aromatic heterocycles. The van der Waals surface area contributed by atoms with Gasteiger partial charge in [-0.2, -0.15) is 5.26 Å². The van der Waals surface area contributed by atoms with Gasteiger partial charge in [-0.25, -0.2) is 9.07 Å². The number of rotatable bonds is 6. The molecule has 0 radical (unpaired) electrons. The number of anilines is 1. The molecule has 154 valence electrons. The van der Waals surface area contributed by atoms with E-state index in [0.717, 1.165) is 55.4 Å². The first-order valence-electron chi connectivity index (χ1n) is 10.1. The van der Waals surface area contributed by atoms with Crippen LogP contribution in [0.5, 0.6) is 5.75 Å². The molecule has 0 amide bonds. The van der Waals surface area contributed by atoms with Crippen LogP contribution in [0.25, 0.3) is 16.9 Å². The van der Waals surface area contributed by atoms with Crippen molar-refractivity contribution in [1.29, 1.82) is 5.26 Å². The molecule has 30 heavy (non-hydrogen) atoms. The highest BCUT2D eigenvalue weighted by Crippen LogP contribution is 2.28. The molecule has 2 aromatic carbocycles. The lowest BCUT2D eigenvalue weighted by molar-refractivity contribution is 0.389. The summed E-state index contributed by atoms with van der Waals surface area (Å²) in [5.74, 6) is 1.56. The molecule has 0 aliphatic carbocycles. The van der Waals surface area contributed by atoms with Crippen molar-refractivity contribution in [1.82, 2.24) is 15.1 Å². The summed E-state index contributed by atoms with van der Waals surface area (Å²) in [4.78, 5) is 0. The third kappa shape index (κ3) is 4.29. The maximum Gasteiger partial charge on any atom is 0.149 e. The average molecular weight is 405 g/mol. The van der Waals surface area contributed by atoms with Crippen LogP contribution in [0.2, 0.25) is 0 Å². The number of aromatic nitrogens is 2. The maximum atomic E-state index is 14.3. The van der Waals surface area contributed by atoms with Crippen molar-refractivity contribution in [3.63, 3.8) is 0 Å². The highest BCUT2D eigenvalue weighted by molar-refractivity contribution is 5.67. The highest BCUT2D eigenvalue weighted by atomic mass is 19.1. The highest BCUT2D eigenvalue weighted by Gasteiger charge is 2.16. The topological polar surface area (TPSA) is 74.9 Å². The van der Waals surface area contributed by atoms with Crippen LogP contribution in [0.1, 0.15) is 18.4 Å². The standard InChI is InChI=1S/C23H24FN5O/c1-30-20-6-4-19(5-7-20)29-22(17-2-3-18(14-25)21(24)12-17)13-23(28-29)27-15-16-8-10-26-11-9-16/h2-7,12-13,16,26H,8-11,15H2,1H3,(H,27,28). The third-order valence-corrected chi connectivity index (χ3v) is 5.44. The van der Waals surface area contributed by atoms with Gasteiger partial charge in [0.15, 0.2) is 0 Å². The van der Waals surface area contributed by atoms with E-state index in [9.17, 15) is 4.39 Å². The van der Waals surface area contributed by atoms with Gasteiger partial charge in [0.1, 0.15) is 23.5 Å². The molecule has 0 unspecified atom stereocenters. The van der Waals surface area contributed by atoms with E-state index in [1.807, 2.05) is 36.4 Å². The third-order valence-electron chi connectivity index (χ3n) is 5.44. The van der Waals surface area contributed by atoms with E-state index < -0.39 is 5.82 Å². The summed E-state index contributed by atoms with van der Waals surface area (Å²) >= 11 is 0. The van der Waals surface area contributed by atoms with Gasteiger partial charge in [-0.3, -0.25) is 0 Å². The number of hydrogen-bond donors (Lipinski definition) is 2. The number of nitriles is 1. The van der Waals surface area contributed by atoms with Crippen molar-refractivity contribution in [3.8, 4) is 28.8 Å². The van der Waals surface area contributed by atoms with Gasteiger partial charge in [-0.15, -0.1) is 5.10 Å². The Morgan fingerprint density at radius 3 is 2.63 bits per heavy atom. The van der Waals surface area contributed by atoms with Crippen molar-refractivity contribution < 1.29 is 9.13 Å². The van der Waals surface area contributed by atoms with Gasteiger partial charge in [0.05, 0.1) is 24.1 Å². The van der Waals surface area contributed by atoms with E-state index in [4.69, 9.17) is 15.1 Å². The van der Waals surface area contributed by atoms with Crippen molar-refractivity contribution in [2.75, 3.05) is 32.1 Å². The van der Waals surface area contributed by atoms with Crippen LogP contribution in [-0.4, -0.2) is 36.5 Å². The second kappa shape index (κ2) is 8.97. The van der Waals surface area contributed by atoms with Crippen molar-refractivity contribution in [2.24, 2.45) is 5.92 Å². The van der Waals surface area contributed by atoms with Crippen molar-refractivity contribution in [2.45, 2.75) is 12.8 Å². The summed E-state index contributed by atoms with van der Waals surface area (Å²) in [6, 6.07) is 16.0. The number of hydrogen-bond acceptors (Lipinski definition) is 5. The molecule has 0 atom stereocenters. The van der Waals surface area contributed by atoms with Gasteiger partial charge >= 0.3 is 0 Å². The lowest BCUT2D eigenvalue weighted by Crippen LogP contribution is -2.31. The fourth-order valence-electron chi connectivity index (χ4n) is 3.69. The summed E-state index contributed by atoms with van der Waals surface area (Å²) in [6.07, 6.45) is 2.28. The minimum Gasteiger partial charge on any atom is -0.497 e. The Morgan fingerprint density at radius 1 is 1.20 bits per heavy atom. The van der Waals surface area contributed by atoms with Crippen molar-refractivity contribution >= 4 is 5.82 Å². The predicted octanol–water partition coefficient (Wildman–Crippen LogP) is 3.97. The number of piperidine rings is 1. The van der Waals surface area contributed by atoms with Gasteiger partial charge < -0.3 is 15.4 Å². The Morgan fingerprint density at radius 2 is 1.97 bits per heavy atom. The molecule has 0 saturated carbocycles. The predicted molar refractivity (Wildman–Crippen MR) is 114 cm³/mol. The van der Waals surface area contributed by atoms with E-state index in [2.05, 4.69) is 10.6 Å². The van der Waals surface area contributed by atoms with Crippen molar-refractivity contribution in [3.05, 3.63) is 59.9 Å². The van der Waals surface area contributed by atoms with Gasteiger partial charge in [0.2, 0.25) is 0 Å². The molecule has 3 aromatic rings. The molecule has 0 spiro atoms. The molecule has 1 saturated heterocycles. The Labute approximate surface area is 175 Å². The first-order chi connectivity index (χ1) is 14.7. The summed E-state index contributed by atoms with van der Waals surface area (Å²) in [7, 11) is 1.62. The molecule has 6 nitrogen and oxygen atoms in total. The molecule has 4 rings (SSSR count). The number of nitrogens with one attached hydrogen (secondary N) is 2. The van der Waals surface area contributed by atoms with Crippen LogP contribution in [0.3, 0.4) is 0 Å². The second-order valence-corrected chi connectivity index (χ2v) is 7.41.